The predicted molar refractivity (Wildman–Crippen MR) is 78.4 cm³/mol. The topological polar surface area (TPSA) is 46.9 Å². The minimum absolute atomic E-state index is 0.172. The van der Waals surface area contributed by atoms with Gasteiger partial charge in [0.1, 0.15) is 5.82 Å². The molecule has 1 amide bonds. The number of carbonyl (C=O) groups is 1. The highest BCUT2D eigenvalue weighted by Gasteiger charge is 2.14. The van der Waals surface area contributed by atoms with E-state index in [0.29, 0.717) is 18.9 Å². The lowest BCUT2D eigenvalue weighted by molar-refractivity contribution is -0.121. The number of hydrogen-bond acceptors (Lipinski definition) is 2. The van der Waals surface area contributed by atoms with Crippen LogP contribution >= 0.6 is 0 Å². The lowest BCUT2D eigenvalue weighted by atomic mass is 10.1. The number of hydrogen-bond donors (Lipinski definition) is 1. The molecule has 1 unspecified atom stereocenters. The van der Waals surface area contributed by atoms with E-state index < -0.39 is 0 Å². The number of allylic oxidation sites excluding steroid dienone is 2. The summed E-state index contributed by atoms with van der Waals surface area (Å²) < 4.78 is 2.27. The van der Waals surface area contributed by atoms with E-state index in [1.807, 2.05) is 0 Å². The Hall–Kier alpha value is -1.58. The van der Waals surface area contributed by atoms with Crippen molar-refractivity contribution in [3.05, 3.63) is 29.9 Å². The van der Waals surface area contributed by atoms with Crippen molar-refractivity contribution in [2.24, 2.45) is 5.92 Å². The molecule has 4 heteroatoms. The molecule has 0 saturated carbocycles. The van der Waals surface area contributed by atoms with E-state index in [-0.39, 0.29) is 5.91 Å². The summed E-state index contributed by atoms with van der Waals surface area (Å²) in [6.45, 7) is 1.80. The molecule has 0 fully saturated rings. The molecule has 0 bridgehead atoms. The van der Waals surface area contributed by atoms with Crippen molar-refractivity contribution >= 4 is 5.91 Å². The van der Waals surface area contributed by atoms with Crippen molar-refractivity contribution in [2.45, 2.75) is 51.5 Å². The smallest absolute Gasteiger partial charge is 0.220 e. The summed E-state index contributed by atoms with van der Waals surface area (Å²) in [6, 6.07) is 0. The SMILES string of the molecule is O=C(CC1C=CCC1)NCCc1cn2c(n1)CCCC2. The van der Waals surface area contributed by atoms with Crippen LogP contribution in [0.25, 0.3) is 0 Å². The molecule has 1 aliphatic heterocycles. The Balaban J connectivity index is 1.41. The summed E-state index contributed by atoms with van der Waals surface area (Å²) in [5.41, 5.74) is 1.11. The summed E-state index contributed by atoms with van der Waals surface area (Å²) in [5.74, 6) is 1.84. The Morgan fingerprint density at radius 2 is 2.40 bits per heavy atom. The normalized spacial score (nSPS) is 20.9. The van der Waals surface area contributed by atoms with Crippen LogP contribution in [0, 0.1) is 5.92 Å². The van der Waals surface area contributed by atoms with Gasteiger partial charge in [0.2, 0.25) is 5.91 Å². The van der Waals surface area contributed by atoms with Gasteiger partial charge in [0.05, 0.1) is 5.69 Å². The van der Waals surface area contributed by atoms with Crippen molar-refractivity contribution < 1.29 is 4.79 Å². The minimum Gasteiger partial charge on any atom is -0.356 e. The summed E-state index contributed by atoms with van der Waals surface area (Å²) >= 11 is 0. The van der Waals surface area contributed by atoms with Gasteiger partial charge in [-0.3, -0.25) is 4.79 Å². The third kappa shape index (κ3) is 3.30. The lowest BCUT2D eigenvalue weighted by Gasteiger charge is -2.11. The number of amides is 1. The molecule has 1 atom stereocenters. The van der Waals surface area contributed by atoms with E-state index in [9.17, 15) is 4.79 Å². The van der Waals surface area contributed by atoms with Gasteiger partial charge in [-0.2, -0.15) is 0 Å². The van der Waals surface area contributed by atoms with Crippen LogP contribution < -0.4 is 5.32 Å². The van der Waals surface area contributed by atoms with Crippen LogP contribution in [0.4, 0.5) is 0 Å². The maximum absolute atomic E-state index is 11.8. The van der Waals surface area contributed by atoms with Crippen molar-refractivity contribution in [2.75, 3.05) is 6.54 Å². The summed E-state index contributed by atoms with van der Waals surface area (Å²) in [6.07, 6.45) is 13.8. The molecule has 108 valence electrons. The highest BCUT2D eigenvalue weighted by Crippen LogP contribution is 2.20. The first kappa shape index (κ1) is 13.4. The molecule has 1 aliphatic carbocycles. The quantitative estimate of drug-likeness (QED) is 0.836. The van der Waals surface area contributed by atoms with Crippen LogP contribution in [0.5, 0.6) is 0 Å². The number of aryl methyl sites for hydroxylation is 2. The first-order valence-electron chi connectivity index (χ1n) is 7.79. The molecule has 3 rings (SSSR count). The van der Waals surface area contributed by atoms with Gasteiger partial charge >= 0.3 is 0 Å². The molecule has 0 saturated heterocycles. The highest BCUT2D eigenvalue weighted by atomic mass is 16.1. The van der Waals surface area contributed by atoms with Gasteiger partial charge in [0.15, 0.2) is 0 Å². The second-order valence-corrected chi connectivity index (χ2v) is 5.87. The average Bonchev–Trinajstić information content (AvgIpc) is 3.07. The number of imidazole rings is 1. The van der Waals surface area contributed by atoms with Crippen molar-refractivity contribution in [3.8, 4) is 0 Å². The van der Waals surface area contributed by atoms with E-state index in [4.69, 9.17) is 0 Å². The standard InChI is InChI=1S/C16H23N3O/c20-16(11-13-5-1-2-6-13)17-9-8-14-12-19-10-4-3-7-15(19)18-14/h1,5,12-13H,2-4,6-11H2,(H,17,20). The van der Waals surface area contributed by atoms with Crippen LogP contribution in [-0.2, 0) is 24.2 Å². The van der Waals surface area contributed by atoms with Gasteiger partial charge < -0.3 is 9.88 Å². The molecule has 20 heavy (non-hydrogen) atoms. The average molecular weight is 273 g/mol. The fraction of sp³-hybridized carbons (Fsp3) is 0.625. The van der Waals surface area contributed by atoms with Crippen molar-refractivity contribution in [1.29, 1.82) is 0 Å². The fourth-order valence-corrected chi connectivity index (χ4v) is 3.10. The van der Waals surface area contributed by atoms with Crippen LogP contribution in [0.15, 0.2) is 18.3 Å². The summed E-state index contributed by atoms with van der Waals surface area (Å²) in [4.78, 5) is 16.5. The predicted octanol–water partition coefficient (Wildman–Crippen LogP) is 2.23. The Morgan fingerprint density at radius 1 is 1.45 bits per heavy atom. The summed E-state index contributed by atoms with van der Waals surface area (Å²) in [7, 11) is 0. The first-order valence-corrected chi connectivity index (χ1v) is 7.79. The number of rotatable bonds is 5. The van der Waals surface area contributed by atoms with E-state index in [1.54, 1.807) is 0 Å². The minimum atomic E-state index is 0.172. The number of nitrogens with zero attached hydrogens (tertiary/aromatic N) is 2. The molecule has 0 spiro atoms. The van der Waals surface area contributed by atoms with Gasteiger partial charge in [0.25, 0.3) is 0 Å². The molecule has 1 N–H and O–H groups in total. The lowest BCUT2D eigenvalue weighted by Crippen LogP contribution is -2.27. The van der Waals surface area contributed by atoms with Crippen molar-refractivity contribution in [3.63, 3.8) is 0 Å². The van der Waals surface area contributed by atoms with Crippen LogP contribution in [0.3, 0.4) is 0 Å². The second kappa shape index (κ2) is 6.25. The van der Waals surface area contributed by atoms with E-state index in [0.717, 1.165) is 37.9 Å². The van der Waals surface area contributed by atoms with E-state index in [2.05, 4.69) is 33.2 Å². The Labute approximate surface area is 120 Å². The summed E-state index contributed by atoms with van der Waals surface area (Å²) in [5, 5.41) is 3.02. The van der Waals surface area contributed by atoms with Gasteiger partial charge in [0, 0.05) is 38.5 Å². The maximum atomic E-state index is 11.8. The highest BCUT2D eigenvalue weighted by molar-refractivity contribution is 5.76. The van der Waals surface area contributed by atoms with Gasteiger partial charge in [-0.15, -0.1) is 0 Å². The fourth-order valence-electron chi connectivity index (χ4n) is 3.10. The Morgan fingerprint density at radius 3 is 3.20 bits per heavy atom. The number of aromatic nitrogens is 2. The Kier molecular flexibility index (Phi) is 4.19. The molecule has 1 aromatic rings. The van der Waals surface area contributed by atoms with Gasteiger partial charge in [-0.25, -0.2) is 4.98 Å². The zero-order chi connectivity index (χ0) is 13.8. The van der Waals surface area contributed by atoms with Crippen LogP contribution in [0.1, 0.15) is 43.6 Å². The third-order valence-electron chi connectivity index (χ3n) is 4.22. The number of fused-ring (bicyclic) bond motifs is 1. The van der Waals surface area contributed by atoms with Gasteiger partial charge in [-0.05, 0) is 31.6 Å². The number of carbonyl (C=O) groups excluding carboxylic acids is 1. The number of nitrogens with one attached hydrogen (secondary N) is 1. The molecule has 2 aliphatic rings. The largest absolute Gasteiger partial charge is 0.356 e. The Bertz CT molecular complexity index is 480. The monoisotopic (exact) mass is 273 g/mol. The molecule has 0 radical (unpaired) electrons. The van der Waals surface area contributed by atoms with Crippen LogP contribution in [-0.4, -0.2) is 22.0 Å². The molecule has 4 nitrogen and oxygen atoms in total. The molecule has 2 heterocycles. The molecule has 1 aromatic heterocycles. The zero-order valence-electron chi connectivity index (χ0n) is 12.0. The van der Waals surface area contributed by atoms with Crippen LogP contribution in [0.2, 0.25) is 0 Å². The second-order valence-electron chi connectivity index (χ2n) is 5.87. The van der Waals surface area contributed by atoms with Crippen molar-refractivity contribution in [1.82, 2.24) is 14.9 Å². The molecular formula is C16H23N3O. The maximum Gasteiger partial charge on any atom is 0.220 e. The zero-order valence-corrected chi connectivity index (χ0v) is 12.0. The molecular weight excluding hydrogens is 250 g/mol. The van der Waals surface area contributed by atoms with E-state index >= 15 is 0 Å². The molecule has 0 aromatic carbocycles. The van der Waals surface area contributed by atoms with E-state index in [1.165, 1.54) is 18.7 Å². The van der Waals surface area contributed by atoms with Gasteiger partial charge in [-0.1, -0.05) is 12.2 Å². The third-order valence-corrected chi connectivity index (χ3v) is 4.22. The first-order chi connectivity index (χ1) is 9.81.